The second-order valence-electron chi connectivity index (χ2n) is 4.13. The van der Waals surface area contributed by atoms with Gasteiger partial charge in [0.05, 0.1) is 24.8 Å². The molecule has 0 heterocycles. The molecule has 7 heteroatoms. The SMILES string of the molecule is COc1cccc(NS(=O)(=O)c2ccc(OC)c(F)c2)c1. The molecule has 0 aliphatic heterocycles. The fraction of sp³-hybridized carbons (Fsp3) is 0.143. The van der Waals surface area contributed by atoms with Crippen LogP contribution in [0, 0.1) is 5.82 Å². The van der Waals surface area contributed by atoms with E-state index in [1.807, 2.05) is 0 Å². The summed E-state index contributed by atoms with van der Waals surface area (Å²) >= 11 is 0. The predicted octanol–water partition coefficient (Wildman–Crippen LogP) is 2.64. The summed E-state index contributed by atoms with van der Waals surface area (Å²) in [7, 11) is -1.10. The van der Waals surface area contributed by atoms with Gasteiger partial charge in [-0.2, -0.15) is 0 Å². The second-order valence-corrected chi connectivity index (χ2v) is 5.82. The zero-order chi connectivity index (χ0) is 15.5. The summed E-state index contributed by atoms with van der Waals surface area (Å²) in [6.45, 7) is 0. The lowest BCUT2D eigenvalue weighted by molar-refractivity contribution is 0.385. The number of methoxy groups -OCH3 is 2. The van der Waals surface area contributed by atoms with Crippen molar-refractivity contribution < 1.29 is 22.3 Å². The summed E-state index contributed by atoms with van der Waals surface area (Å²) in [4.78, 5) is -0.191. The van der Waals surface area contributed by atoms with E-state index in [4.69, 9.17) is 9.47 Å². The Morgan fingerprint density at radius 2 is 1.81 bits per heavy atom. The number of anilines is 1. The molecule has 0 radical (unpaired) electrons. The highest BCUT2D eigenvalue weighted by Gasteiger charge is 2.17. The molecule has 5 nitrogen and oxygen atoms in total. The van der Waals surface area contributed by atoms with Crippen LogP contribution in [-0.4, -0.2) is 22.6 Å². The maximum Gasteiger partial charge on any atom is 0.262 e. The largest absolute Gasteiger partial charge is 0.497 e. The van der Waals surface area contributed by atoms with Crippen molar-refractivity contribution >= 4 is 15.7 Å². The summed E-state index contributed by atoms with van der Waals surface area (Å²) in [6.07, 6.45) is 0. The average Bonchev–Trinajstić information content (AvgIpc) is 2.47. The normalized spacial score (nSPS) is 11.0. The number of sulfonamides is 1. The molecule has 0 atom stereocenters. The maximum absolute atomic E-state index is 13.6. The van der Waals surface area contributed by atoms with Gasteiger partial charge < -0.3 is 9.47 Å². The third-order valence-corrected chi connectivity index (χ3v) is 4.13. The minimum atomic E-state index is -3.89. The van der Waals surface area contributed by atoms with Crippen molar-refractivity contribution in [2.45, 2.75) is 4.90 Å². The van der Waals surface area contributed by atoms with Crippen LogP contribution in [0.3, 0.4) is 0 Å². The Morgan fingerprint density at radius 1 is 1.05 bits per heavy atom. The number of rotatable bonds is 5. The third kappa shape index (κ3) is 3.43. The van der Waals surface area contributed by atoms with Crippen molar-refractivity contribution in [1.29, 1.82) is 0 Å². The first kappa shape index (κ1) is 15.1. The molecule has 0 fully saturated rings. The molecule has 2 aromatic rings. The number of nitrogens with one attached hydrogen (secondary N) is 1. The van der Waals surface area contributed by atoms with E-state index in [2.05, 4.69) is 4.72 Å². The number of halogens is 1. The van der Waals surface area contributed by atoms with E-state index >= 15 is 0 Å². The first-order valence-corrected chi connectivity index (χ1v) is 7.45. The van der Waals surface area contributed by atoms with E-state index in [0.717, 1.165) is 6.07 Å². The molecule has 0 aromatic heterocycles. The van der Waals surface area contributed by atoms with Crippen LogP contribution in [0.2, 0.25) is 0 Å². The van der Waals surface area contributed by atoms with Crippen molar-refractivity contribution in [3.63, 3.8) is 0 Å². The fourth-order valence-electron chi connectivity index (χ4n) is 1.71. The van der Waals surface area contributed by atoms with Gasteiger partial charge in [0.25, 0.3) is 10.0 Å². The van der Waals surface area contributed by atoms with E-state index in [1.54, 1.807) is 18.2 Å². The molecule has 0 saturated heterocycles. The Balaban J connectivity index is 2.31. The van der Waals surface area contributed by atoms with Crippen molar-refractivity contribution in [3.8, 4) is 11.5 Å². The molecular formula is C14H14FNO4S. The molecule has 112 valence electrons. The molecule has 21 heavy (non-hydrogen) atoms. The van der Waals surface area contributed by atoms with Gasteiger partial charge in [0.1, 0.15) is 5.75 Å². The average molecular weight is 311 g/mol. The molecule has 0 aliphatic carbocycles. The lowest BCUT2D eigenvalue weighted by Crippen LogP contribution is -2.13. The van der Waals surface area contributed by atoms with E-state index in [1.165, 1.54) is 32.4 Å². The Kier molecular flexibility index (Phi) is 4.32. The van der Waals surface area contributed by atoms with Crippen LogP contribution in [0.4, 0.5) is 10.1 Å². The third-order valence-electron chi connectivity index (χ3n) is 2.76. The van der Waals surface area contributed by atoms with E-state index in [0.29, 0.717) is 11.4 Å². The first-order chi connectivity index (χ1) is 9.96. The maximum atomic E-state index is 13.6. The monoisotopic (exact) mass is 311 g/mol. The van der Waals surface area contributed by atoms with Crippen LogP contribution in [0.25, 0.3) is 0 Å². The zero-order valence-electron chi connectivity index (χ0n) is 11.5. The highest BCUT2D eigenvalue weighted by molar-refractivity contribution is 7.92. The molecule has 0 saturated carbocycles. The van der Waals surface area contributed by atoms with Gasteiger partial charge in [0.2, 0.25) is 0 Å². The minimum Gasteiger partial charge on any atom is -0.497 e. The highest BCUT2D eigenvalue weighted by Crippen LogP contribution is 2.24. The zero-order valence-corrected chi connectivity index (χ0v) is 12.3. The lowest BCUT2D eigenvalue weighted by atomic mass is 10.3. The van der Waals surface area contributed by atoms with Crippen molar-refractivity contribution in [1.82, 2.24) is 0 Å². The Bertz CT molecular complexity index is 746. The second kappa shape index (κ2) is 6.01. The standard InChI is InChI=1S/C14H14FNO4S/c1-19-11-5-3-4-10(8-11)16-21(17,18)12-6-7-14(20-2)13(15)9-12/h3-9,16H,1-2H3. The van der Waals surface area contributed by atoms with Gasteiger partial charge in [0, 0.05) is 6.07 Å². The van der Waals surface area contributed by atoms with Gasteiger partial charge in [-0.05, 0) is 30.3 Å². The van der Waals surface area contributed by atoms with Gasteiger partial charge in [-0.1, -0.05) is 6.07 Å². The smallest absolute Gasteiger partial charge is 0.262 e. The van der Waals surface area contributed by atoms with Gasteiger partial charge in [0.15, 0.2) is 11.6 Å². The van der Waals surface area contributed by atoms with Crippen molar-refractivity contribution in [3.05, 3.63) is 48.3 Å². The van der Waals surface area contributed by atoms with E-state index < -0.39 is 15.8 Å². The molecule has 2 aromatic carbocycles. The van der Waals surface area contributed by atoms with Crippen LogP contribution in [-0.2, 0) is 10.0 Å². The molecule has 0 bridgehead atoms. The molecule has 0 spiro atoms. The number of benzene rings is 2. The topological polar surface area (TPSA) is 64.6 Å². The summed E-state index contributed by atoms with van der Waals surface area (Å²) in [6, 6.07) is 9.86. The Labute approximate surface area is 122 Å². The molecule has 0 unspecified atom stereocenters. The minimum absolute atomic E-state index is 0.0182. The Morgan fingerprint density at radius 3 is 2.43 bits per heavy atom. The van der Waals surface area contributed by atoms with Crippen LogP contribution < -0.4 is 14.2 Å². The number of ether oxygens (including phenoxy) is 2. The van der Waals surface area contributed by atoms with Gasteiger partial charge >= 0.3 is 0 Å². The number of hydrogen-bond acceptors (Lipinski definition) is 4. The lowest BCUT2D eigenvalue weighted by Gasteiger charge is -2.10. The quantitative estimate of drug-likeness (QED) is 0.922. The fourth-order valence-corrected chi connectivity index (χ4v) is 2.78. The highest BCUT2D eigenvalue weighted by atomic mass is 32.2. The van der Waals surface area contributed by atoms with E-state index in [9.17, 15) is 12.8 Å². The van der Waals surface area contributed by atoms with Crippen LogP contribution in [0.1, 0.15) is 0 Å². The van der Waals surface area contributed by atoms with Gasteiger partial charge in [-0.25, -0.2) is 12.8 Å². The summed E-state index contributed by atoms with van der Waals surface area (Å²) in [5.41, 5.74) is 0.325. The molecular weight excluding hydrogens is 297 g/mol. The van der Waals surface area contributed by atoms with Gasteiger partial charge in [-0.3, -0.25) is 4.72 Å². The number of hydrogen-bond donors (Lipinski definition) is 1. The molecule has 1 N–H and O–H groups in total. The first-order valence-electron chi connectivity index (χ1n) is 5.96. The van der Waals surface area contributed by atoms with Crippen molar-refractivity contribution in [2.24, 2.45) is 0 Å². The van der Waals surface area contributed by atoms with Crippen molar-refractivity contribution in [2.75, 3.05) is 18.9 Å². The summed E-state index contributed by atoms with van der Waals surface area (Å²) in [5, 5.41) is 0. The summed E-state index contributed by atoms with van der Waals surface area (Å²) in [5.74, 6) is -0.252. The molecule has 0 amide bonds. The van der Waals surface area contributed by atoms with Crippen LogP contribution in [0.5, 0.6) is 11.5 Å². The van der Waals surface area contributed by atoms with Crippen LogP contribution >= 0.6 is 0 Å². The summed E-state index contributed by atoms with van der Waals surface area (Å²) < 4.78 is 50.1. The molecule has 0 aliphatic rings. The Hall–Kier alpha value is -2.28. The molecule has 2 rings (SSSR count). The van der Waals surface area contributed by atoms with Crippen LogP contribution in [0.15, 0.2) is 47.4 Å². The van der Waals surface area contributed by atoms with Gasteiger partial charge in [-0.15, -0.1) is 0 Å². The van der Waals surface area contributed by atoms with E-state index in [-0.39, 0.29) is 10.6 Å². The predicted molar refractivity (Wildman–Crippen MR) is 76.8 cm³/mol.